The molecule has 1 nitrogen and oxygen atoms in total. The van der Waals surface area contributed by atoms with E-state index < -0.39 is 0 Å². The lowest BCUT2D eigenvalue weighted by molar-refractivity contribution is 1.23. The summed E-state index contributed by atoms with van der Waals surface area (Å²) in [5.74, 6) is 0. The van der Waals surface area contributed by atoms with Crippen molar-refractivity contribution in [3.8, 4) is 0 Å². The van der Waals surface area contributed by atoms with Crippen LogP contribution in [0.3, 0.4) is 0 Å². The highest BCUT2D eigenvalue weighted by Crippen LogP contribution is 2.30. The van der Waals surface area contributed by atoms with Crippen LogP contribution in [0.25, 0.3) is 0 Å². The molecule has 0 aliphatic carbocycles. The van der Waals surface area contributed by atoms with Crippen molar-refractivity contribution in [2.45, 2.75) is 0 Å². The first-order valence-electron chi connectivity index (χ1n) is 2.28. The third-order valence-corrected chi connectivity index (χ3v) is 2.83. The molecule has 0 bridgehead atoms. The largest absolute Gasteiger partial charge is 0.232 e. The fraction of sp³-hybridized carbons (Fsp3) is 0. The molecule has 0 unspecified atom stereocenters. The number of hydrogen-bond donors (Lipinski definition) is 0. The highest BCUT2D eigenvalue weighted by atomic mass is 79.9. The molecule has 0 radical (unpaired) electrons. The van der Waals surface area contributed by atoms with Crippen LogP contribution in [0.4, 0.5) is 0 Å². The van der Waals surface area contributed by atoms with E-state index in [1.54, 1.807) is 6.07 Å². The Morgan fingerprint density at radius 3 is 2.40 bits per heavy atom. The van der Waals surface area contributed by atoms with Gasteiger partial charge in [-0.2, -0.15) is 0 Å². The van der Waals surface area contributed by atoms with E-state index in [1.165, 1.54) is 0 Å². The molecule has 1 aromatic heterocycles. The SMILES string of the molecule is Clc1cc(Br)nc(Br)c1Cl. The van der Waals surface area contributed by atoms with Gasteiger partial charge in [0, 0.05) is 0 Å². The molecule has 0 saturated carbocycles. The second kappa shape index (κ2) is 3.39. The zero-order valence-corrected chi connectivity index (χ0v) is 9.22. The Hall–Kier alpha value is 0.690. The molecular weight excluding hydrogens is 305 g/mol. The van der Waals surface area contributed by atoms with Gasteiger partial charge in [-0.25, -0.2) is 4.98 Å². The Balaban J connectivity index is 3.31. The van der Waals surface area contributed by atoms with Crippen molar-refractivity contribution in [1.82, 2.24) is 4.98 Å². The van der Waals surface area contributed by atoms with Gasteiger partial charge in [0.2, 0.25) is 0 Å². The van der Waals surface area contributed by atoms with Crippen molar-refractivity contribution in [3.05, 3.63) is 25.3 Å². The predicted molar refractivity (Wildman–Crippen MR) is 49.7 cm³/mol. The first kappa shape index (κ1) is 8.78. The number of pyridine rings is 1. The molecule has 0 atom stereocenters. The number of rotatable bonds is 0. The number of hydrogen-bond acceptors (Lipinski definition) is 1. The fourth-order valence-electron chi connectivity index (χ4n) is 0.442. The van der Waals surface area contributed by atoms with E-state index in [1.807, 2.05) is 0 Å². The quantitative estimate of drug-likeness (QED) is 0.662. The molecule has 5 heteroatoms. The van der Waals surface area contributed by atoms with Crippen molar-refractivity contribution < 1.29 is 0 Å². The van der Waals surface area contributed by atoms with Gasteiger partial charge in [0.1, 0.15) is 9.21 Å². The molecule has 0 aliphatic heterocycles. The highest BCUT2D eigenvalue weighted by molar-refractivity contribution is 9.11. The van der Waals surface area contributed by atoms with Crippen molar-refractivity contribution in [2.24, 2.45) is 0 Å². The summed E-state index contributed by atoms with van der Waals surface area (Å²) in [6, 6.07) is 1.63. The van der Waals surface area contributed by atoms with Gasteiger partial charge >= 0.3 is 0 Å². The standard InChI is InChI=1S/C5HBr2Cl2N/c6-3-1-2(8)4(9)5(7)10-3/h1H. The Morgan fingerprint density at radius 1 is 1.30 bits per heavy atom. The fourth-order valence-corrected chi connectivity index (χ4v) is 2.03. The Morgan fingerprint density at radius 2 is 1.90 bits per heavy atom. The minimum Gasteiger partial charge on any atom is -0.232 e. The van der Waals surface area contributed by atoms with Gasteiger partial charge < -0.3 is 0 Å². The lowest BCUT2D eigenvalue weighted by atomic mass is 10.5. The van der Waals surface area contributed by atoms with E-state index in [2.05, 4.69) is 36.8 Å². The maximum absolute atomic E-state index is 5.69. The van der Waals surface area contributed by atoms with Crippen LogP contribution in [0.2, 0.25) is 10.0 Å². The summed E-state index contributed by atoms with van der Waals surface area (Å²) in [6.07, 6.45) is 0. The lowest BCUT2D eigenvalue weighted by Crippen LogP contribution is -1.79. The van der Waals surface area contributed by atoms with E-state index in [4.69, 9.17) is 23.2 Å². The van der Waals surface area contributed by atoms with Gasteiger partial charge in [0.15, 0.2) is 0 Å². The topological polar surface area (TPSA) is 12.9 Å². The summed E-state index contributed by atoms with van der Waals surface area (Å²) in [5, 5.41) is 0.917. The second-order valence-electron chi connectivity index (χ2n) is 1.53. The summed E-state index contributed by atoms with van der Waals surface area (Å²) in [5.41, 5.74) is 0. The molecule has 1 heterocycles. The van der Waals surface area contributed by atoms with Gasteiger partial charge in [0.05, 0.1) is 10.0 Å². The molecule has 1 aromatic rings. The molecule has 0 N–H and O–H groups in total. The average Bonchev–Trinajstić information content (AvgIpc) is 1.82. The molecule has 10 heavy (non-hydrogen) atoms. The zero-order valence-electron chi connectivity index (χ0n) is 4.54. The minimum atomic E-state index is 0.435. The monoisotopic (exact) mass is 303 g/mol. The Kier molecular flexibility index (Phi) is 2.98. The van der Waals surface area contributed by atoms with Gasteiger partial charge in [-0.1, -0.05) is 23.2 Å². The van der Waals surface area contributed by atoms with E-state index >= 15 is 0 Å². The molecule has 0 aliphatic rings. The Labute approximate surface area is 85.0 Å². The van der Waals surface area contributed by atoms with Gasteiger partial charge in [0.25, 0.3) is 0 Å². The van der Waals surface area contributed by atoms with Crippen molar-refractivity contribution in [3.63, 3.8) is 0 Å². The van der Waals surface area contributed by atoms with E-state index in [0.29, 0.717) is 19.3 Å². The van der Waals surface area contributed by atoms with Gasteiger partial charge in [-0.05, 0) is 37.9 Å². The summed E-state index contributed by atoms with van der Waals surface area (Å²) in [6.45, 7) is 0. The third kappa shape index (κ3) is 1.84. The summed E-state index contributed by atoms with van der Waals surface area (Å²) < 4.78 is 1.21. The van der Waals surface area contributed by atoms with Gasteiger partial charge in [-0.15, -0.1) is 0 Å². The third-order valence-electron chi connectivity index (χ3n) is 0.842. The van der Waals surface area contributed by atoms with Crippen LogP contribution in [0.15, 0.2) is 15.3 Å². The average molecular weight is 306 g/mol. The number of halogens is 4. The number of aromatic nitrogens is 1. The summed E-state index contributed by atoms with van der Waals surface area (Å²) in [7, 11) is 0. The molecule has 0 saturated heterocycles. The molecule has 0 spiro atoms. The molecular formula is C5HBr2Cl2N. The molecule has 54 valence electrons. The number of nitrogens with zero attached hydrogens (tertiary/aromatic N) is 1. The normalized spacial score (nSPS) is 10.0. The van der Waals surface area contributed by atoms with Crippen molar-refractivity contribution >= 4 is 55.1 Å². The summed E-state index contributed by atoms with van der Waals surface area (Å²) >= 11 is 17.7. The van der Waals surface area contributed by atoms with Crippen molar-refractivity contribution in [1.29, 1.82) is 0 Å². The van der Waals surface area contributed by atoms with Crippen molar-refractivity contribution in [2.75, 3.05) is 0 Å². The van der Waals surface area contributed by atoms with E-state index in [9.17, 15) is 0 Å². The maximum Gasteiger partial charge on any atom is 0.127 e. The molecule has 1 rings (SSSR count). The van der Waals surface area contributed by atoms with E-state index in [-0.39, 0.29) is 0 Å². The van der Waals surface area contributed by atoms with Crippen LogP contribution in [0, 0.1) is 0 Å². The lowest BCUT2D eigenvalue weighted by Gasteiger charge is -1.97. The van der Waals surface area contributed by atoms with Crippen LogP contribution in [-0.4, -0.2) is 4.98 Å². The van der Waals surface area contributed by atoms with Crippen LogP contribution >= 0.6 is 55.1 Å². The van der Waals surface area contributed by atoms with Gasteiger partial charge in [-0.3, -0.25) is 0 Å². The smallest absolute Gasteiger partial charge is 0.127 e. The highest BCUT2D eigenvalue weighted by Gasteiger charge is 2.04. The van der Waals surface area contributed by atoms with Crippen LogP contribution in [-0.2, 0) is 0 Å². The van der Waals surface area contributed by atoms with Crippen LogP contribution < -0.4 is 0 Å². The Bertz CT molecular complexity index is 241. The first-order valence-corrected chi connectivity index (χ1v) is 4.62. The predicted octanol–water partition coefficient (Wildman–Crippen LogP) is 3.91. The first-order chi connectivity index (χ1) is 4.61. The zero-order chi connectivity index (χ0) is 7.72. The molecule has 0 fully saturated rings. The molecule has 0 aromatic carbocycles. The summed E-state index contributed by atoms with van der Waals surface area (Å²) in [4.78, 5) is 3.95. The maximum atomic E-state index is 5.69. The second-order valence-corrected chi connectivity index (χ2v) is 3.88. The molecule has 0 amide bonds. The van der Waals surface area contributed by atoms with Crippen LogP contribution in [0.1, 0.15) is 0 Å². The van der Waals surface area contributed by atoms with Crippen LogP contribution in [0.5, 0.6) is 0 Å². The van der Waals surface area contributed by atoms with E-state index in [0.717, 1.165) is 0 Å². The minimum absolute atomic E-state index is 0.435.